The van der Waals surface area contributed by atoms with Gasteiger partial charge in [0.25, 0.3) is 0 Å². The molecule has 1 saturated heterocycles. The Morgan fingerprint density at radius 1 is 1.29 bits per heavy atom. The van der Waals surface area contributed by atoms with Crippen molar-refractivity contribution < 1.29 is 13.2 Å². The second-order valence-electron chi connectivity index (χ2n) is 5.42. The fraction of sp³-hybridized carbons (Fsp3) is 0.600. The molecule has 0 saturated carbocycles. The smallest absolute Gasteiger partial charge is 0.243 e. The van der Waals surface area contributed by atoms with Crippen LogP contribution in [0.15, 0.2) is 29.2 Å². The van der Waals surface area contributed by atoms with Crippen LogP contribution in [0.5, 0.6) is 5.75 Å². The minimum atomic E-state index is -3.40. The number of nitrogens with two attached hydrogens (primary N) is 1. The Balaban J connectivity index is 2.09. The molecule has 2 N–H and O–H groups in total. The zero-order chi connectivity index (χ0) is 15.3. The van der Waals surface area contributed by atoms with Crippen LogP contribution in [0, 0.1) is 0 Å². The molecular weight excluding hydrogens is 288 g/mol. The van der Waals surface area contributed by atoms with Crippen LogP contribution in [0.2, 0.25) is 0 Å². The molecule has 1 aromatic rings. The molecule has 6 heteroatoms. The standard InChI is InChI=1S/C15H24N2O3S/c1-13-5-2-3-11-17(13)21(18,19)15-8-6-14(7-9-15)20-12-4-10-16/h6-9,13H,2-5,10-12,16H2,1H3. The maximum atomic E-state index is 12.6. The minimum absolute atomic E-state index is 0.0734. The highest BCUT2D eigenvalue weighted by molar-refractivity contribution is 7.89. The lowest BCUT2D eigenvalue weighted by atomic mass is 10.1. The molecule has 1 aromatic carbocycles. The highest BCUT2D eigenvalue weighted by atomic mass is 32.2. The van der Waals surface area contributed by atoms with Crippen LogP contribution in [0.3, 0.4) is 0 Å². The van der Waals surface area contributed by atoms with Gasteiger partial charge in [0.15, 0.2) is 0 Å². The van der Waals surface area contributed by atoms with Crippen LogP contribution >= 0.6 is 0 Å². The normalized spacial score (nSPS) is 20.4. The first-order valence-electron chi connectivity index (χ1n) is 7.50. The van der Waals surface area contributed by atoms with Gasteiger partial charge < -0.3 is 10.5 Å². The van der Waals surface area contributed by atoms with Crippen LogP contribution < -0.4 is 10.5 Å². The topological polar surface area (TPSA) is 72.6 Å². The molecule has 5 nitrogen and oxygen atoms in total. The molecule has 0 radical (unpaired) electrons. The predicted octanol–water partition coefficient (Wildman–Crippen LogP) is 1.98. The Morgan fingerprint density at radius 3 is 2.62 bits per heavy atom. The summed E-state index contributed by atoms with van der Waals surface area (Å²) in [7, 11) is -3.40. The molecule has 1 aliphatic rings. The van der Waals surface area contributed by atoms with Gasteiger partial charge in [0.2, 0.25) is 10.0 Å². The van der Waals surface area contributed by atoms with E-state index in [2.05, 4.69) is 0 Å². The fourth-order valence-corrected chi connectivity index (χ4v) is 4.24. The van der Waals surface area contributed by atoms with Gasteiger partial charge in [-0.2, -0.15) is 4.31 Å². The monoisotopic (exact) mass is 312 g/mol. The third kappa shape index (κ3) is 3.96. The van der Waals surface area contributed by atoms with E-state index in [1.165, 1.54) is 0 Å². The van der Waals surface area contributed by atoms with Crippen molar-refractivity contribution in [1.82, 2.24) is 4.31 Å². The molecule has 118 valence electrons. The third-order valence-corrected chi connectivity index (χ3v) is 5.82. The van der Waals surface area contributed by atoms with Gasteiger partial charge in [-0.3, -0.25) is 0 Å². The summed E-state index contributed by atoms with van der Waals surface area (Å²) in [4.78, 5) is 0.336. The van der Waals surface area contributed by atoms with Crippen LogP contribution in [-0.4, -0.2) is 38.5 Å². The number of benzene rings is 1. The summed E-state index contributed by atoms with van der Waals surface area (Å²) in [5.41, 5.74) is 5.40. The second kappa shape index (κ2) is 7.24. The minimum Gasteiger partial charge on any atom is -0.494 e. The number of ether oxygens (including phenoxy) is 1. The van der Waals surface area contributed by atoms with E-state index in [4.69, 9.17) is 10.5 Å². The summed E-state index contributed by atoms with van der Waals surface area (Å²) in [5.74, 6) is 0.675. The van der Waals surface area contributed by atoms with E-state index in [0.717, 1.165) is 25.7 Å². The molecule has 0 aromatic heterocycles. The molecule has 0 amide bonds. The first kappa shape index (κ1) is 16.3. The van der Waals surface area contributed by atoms with Crippen LogP contribution in [-0.2, 0) is 10.0 Å². The van der Waals surface area contributed by atoms with Crippen molar-refractivity contribution in [3.05, 3.63) is 24.3 Å². The molecule has 0 bridgehead atoms. The van der Waals surface area contributed by atoms with Crippen molar-refractivity contribution in [2.75, 3.05) is 19.7 Å². The molecular formula is C15H24N2O3S. The van der Waals surface area contributed by atoms with Crippen molar-refractivity contribution in [2.45, 2.75) is 43.5 Å². The molecule has 1 heterocycles. The van der Waals surface area contributed by atoms with Gasteiger partial charge in [-0.05, 0) is 57.0 Å². The number of piperidine rings is 1. The van der Waals surface area contributed by atoms with Crippen LogP contribution in [0.4, 0.5) is 0 Å². The lowest BCUT2D eigenvalue weighted by Gasteiger charge is -2.32. The zero-order valence-electron chi connectivity index (χ0n) is 12.5. The van der Waals surface area contributed by atoms with E-state index in [0.29, 0.717) is 30.3 Å². The van der Waals surface area contributed by atoms with Gasteiger partial charge in [0.1, 0.15) is 5.75 Å². The van der Waals surface area contributed by atoms with Crippen LogP contribution in [0.25, 0.3) is 0 Å². The first-order chi connectivity index (χ1) is 10.1. The van der Waals surface area contributed by atoms with Gasteiger partial charge >= 0.3 is 0 Å². The summed E-state index contributed by atoms with van der Waals surface area (Å²) >= 11 is 0. The molecule has 0 spiro atoms. The van der Waals surface area contributed by atoms with Gasteiger partial charge in [0.05, 0.1) is 11.5 Å². The molecule has 1 fully saturated rings. The Kier molecular flexibility index (Phi) is 5.61. The largest absolute Gasteiger partial charge is 0.494 e. The van der Waals surface area contributed by atoms with Crippen molar-refractivity contribution in [3.63, 3.8) is 0 Å². The summed E-state index contributed by atoms with van der Waals surface area (Å²) < 4.78 is 32.4. The summed E-state index contributed by atoms with van der Waals surface area (Å²) in [6.07, 6.45) is 3.75. The van der Waals surface area contributed by atoms with E-state index in [9.17, 15) is 8.42 Å². The van der Waals surface area contributed by atoms with Crippen molar-refractivity contribution >= 4 is 10.0 Å². The molecule has 21 heavy (non-hydrogen) atoms. The summed E-state index contributed by atoms with van der Waals surface area (Å²) in [6.45, 7) is 3.71. The van der Waals surface area contributed by atoms with E-state index >= 15 is 0 Å². The molecule has 1 atom stereocenters. The Morgan fingerprint density at radius 2 is 2.00 bits per heavy atom. The predicted molar refractivity (Wildman–Crippen MR) is 82.8 cm³/mol. The number of hydrogen-bond donors (Lipinski definition) is 1. The van der Waals surface area contributed by atoms with Crippen molar-refractivity contribution in [1.29, 1.82) is 0 Å². The fourth-order valence-electron chi connectivity index (χ4n) is 2.55. The molecule has 1 unspecified atom stereocenters. The number of sulfonamides is 1. The number of nitrogens with zero attached hydrogens (tertiary/aromatic N) is 1. The van der Waals surface area contributed by atoms with Crippen molar-refractivity contribution in [3.8, 4) is 5.75 Å². The van der Waals surface area contributed by atoms with E-state index in [1.54, 1.807) is 28.6 Å². The average Bonchev–Trinajstić information content (AvgIpc) is 2.48. The number of hydrogen-bond acceptors (Lipinski definition) is 4. The highest BCUT2D eigenvalue weighted by Crippen LogP contribution is 2.26. The molecule has 1 aliphatic heterocycles. The lowest BCUT2D eigenvalue weighted by Crippen LogP contribution is -2.41. The molecule has 0 aliphatic carbocycles. The Labute approximate surface area is 127 Å². The average molecular weight is 312 g/mol. The lowest BCUT2D eigenvalue weighted by molar-refractivity contribution is 0.268. The quantitative estimate of drug-likeness (QED) is 0.815. The summed E-state index contributed by atoms with van der Waals surface area (Å²) in [5, 5.41) is 0. The van der Waals surface area contributed by atoms with Gasteiger partial charge in [-0.25, -0.2) is 8.42 Å². The second-order valence-corrected chi connectivity index (χ2v) is 7.31. The third-order valence-electron chi connectivity index (χ3n) is 3.79. The number of rotatable bonds is 6. The Hall–Kier alpha value is -1.11. The molecule has 2 rings (SSSR count). The van der Waals surface area contributed by atoms with E-state index in [1.807, 2.05) is 6.92 Å². The summed E-state index contributed by atoms with van der Waals surface area (Å²) in [6, 6.07) is 6.73. The maximum absolute atomic E-state index is 12.6. The van der Waals surface area contributed by atoms with Gasteiger partial charge in [-0.1, -0.05) is 6.42 Å². The highest BCUT2D eigenvalue weighted by Gasteiger charge is 2.30. The zero-order valence-corrected chi connectivity index (χ0v) is 13.3. The van der Waals surface area contributed by atoms with Crippen LogP contribution in [0.1, 0.15) is 32.6 Å². The van der Waals surface area contributed by atoms with E-state index < -0.39 is 10.0 Å². The first-order valence-corrected chi connectivity index (χ1v) is 8.94. The van der Waals surface area contributed by atoms with Gasteiger partial charge in [-0.15, -0.1) is 0 Å². The Bertz CT molecular complexity index is 543. The van der Waals surface area contributed by atoms with E-state index in [-0.39, 0.29) is 6.04 Å². The van der Waals surface area contributed by atoms with Crippen molar-refractivity contribution in [2.24, 2.45) is 5.73 Å². The van der Waals surface area contributed by atoms with Gasteiger partial charge in [0, 0.05) is 12.6 Å². The maximum Gasteiger partial charge on any atom is 0.243 e. The SMILES string of the molecule is CC1CCCCN1S(=O)(=O)c1ccc(OCCCN)cc1.